The third kappa shape index (κ3) is 2.78. The van der Waals surface area contributed by atoms with Gasteiger partial charge in [-0.25, -0.2) is 0 Å². The van der Waals surface area contributed by atoms with E-state index in [0.717, 1.165) is 4.88 Å². The largest absolute Gasteiger partial charge is 0.481 e. The Kier molecular flexibility index (Phi) is 4.19. The number of carboxylic acid groups (broad SMARTS) is 1. The highest BCUT2D eigenvalue weighted by molar-refractivity contribution is 7.09. The van der Waals surface area contributed by atoms with Crippen molar-refractivity contribution in [1.82, 2.24) is 9.88 Å². The molecule has 1 aliphatic rings. The number of amides is 1. The van der Waals surface area contributed by atoms with Gasteiger partial charge in [0.25, 0.3) is 0 Å². The molecule has 19 heavy (non-hydrogen) atoms. The number of aromatic nitrogens is 1. The Bertz CT molecular complexity index is 458. The van der Waals surface area contributed by atoms with Crippen LogP contribution in [0, 0.1) is 5.92 Å². The minimum absolute atomic E-state index is 0.0143. The summed E-state index contributed by atoms with van der Waals surface area (Å²) in [5.74, 6) is -1.34. The summed E-state index contributed by atoms with van der Waals surface area (Å²) < 4.78 is 0. The van der Waals surface area contributed by atoms with Crippen LogP contribution in [0.2, 0.25) is 0 Å². The summed E-state index contributed by atoms with van der Waals surface area (Å²) in [6, 6.07) is -0.403. The molecule has 1 amide bonds. The van der Waals surface area contributed by atoms with Gasteiger partial charge >= 0.3 is 5.97 Å². The predicted molar refractivity (Wildman–Crippen MR) is 71.8 cm³/mol. The standard InChI is InChI=1S/C13H18N2O3S/c1-8(2)15-11(16)5-3-4-9(13(17)18)12(15)10-6-14-7-19-10/h6-9,12H,3-5H2,1-2H3,(H,17,18). The molecule has 0 saturated carbocycles. The van der Waals surface area contributed by atoms with Gasteiger partial charge in [-0.15, -0.1) is 11.3 Å². The molecule has 1 aromatic heterocycles. The van der Waals surface area contributed by atoms with Crippen molar-refractivity contribution >= 4 is 23.2 Å². The molecule has 1 N–H and O–H groups in total. The molecule has 0 radical (unpaired) electrons. The van der Waals surface area contributed by atoms with Crippen molar-refractivity contribution in [2.45, 2.75) is 45.2 Å². The number of carbonyl (C=O) groups excluding carboxylic acids is 1. The van der Waals surface area contributed by atoms with Crippen LogP contribution in [-0.2, 0) is 9.59 Å². The van der Waals surface area contributed by atoms with Gasteiger partial charge < -0.3 is 10.0 Å². The SMILES string of the molecule is CC(C)N1C(=O)CCCC(C(=O)O)C1c1cncs1. The van der Waals surface area contributed by atoms with E-state index in [1.807, 2.05) is 13.8 Å². The number of hydrogen-bond donors (Lipinski definition) is 1. The van der Waals surface area contributed by atoms with Crippen LogP contribution >= 0.6 is 11.3 Å². The van der Waals surface area contributed by atoms with E-state index in [0.29, 0.717) is 19.3 Å². The lowest BCUT2D eigenvalue weighted by molar-refractivity contribution is -0.146. The highest BCUT2D eigenvalue weighted by Gasteiger charge is 2.40. The summed E-state index contributed by atoms with van der Waals surface area (Å²) in [6.07, 6.45) is 3.28. The average molecular weight is 282 g/mol. The molecule has 1 saturated heterocycles. The fourth-order valence-corrected chi connectivity index (χ4v) is 3.47. The maximum atomic E-state index is 12.2. The summed E-state index contributed by atoms with van der Waals surface area (Å²) >= 11 is 1.41. The normalized spacial score (nSPS) is 24.6. The van der Waals surface area contributed by atoms with Crippen molar-refractivity contribution in [2.24, 2.45) is 5.92 Å². The van der Waals surface area contributed by atoms with E-state index in [1.165, 1.54) is 11.3 Å². The van der Waals surface area contributed by atoms with Gasteiger partial charge in [-0.05, 0) is 26.7 Å². The Labute approximate surface area is 116 Å². The van der Waals surface area contributed by atoms with Crippen molar-refractivity contribution in [1.29, 1.82) is 0 Å². The molecule has 5 nitrogen and oxygen atoms in total. The van der Waals surface area contributed by atoms with E-state index in [4.69, 9.17) is 0 Å². The zero-order chi connectivity index (χ0) is 14.0. The van der Waals surface area contributed by atoms with Crippen molar-refractivity contribution in [3.05, 3.63) is 16.6 Å². The number of rotatable bonds is 3. The Balaban J connectivity index is 2.45. The van der Waals surface area contributed by atoms with E-state index in [1.54, 1.807) is 16.6 Å². The van der Waals surface area contributed by atoms with Crippen LogP contribution in [0.3, 0.4) is 0 Å². The molecule has 104 valence electrons. The summed E-state index contributed by atoms with van der Waals surface area (Å²) in [6.45, 7) is 3.85. The molecule has 1 aromatic rings. The van der Waals surface area contributed by atoms with Gasteiger partial charge in [0.2, 0.25) is 5.91 Å². The zero-order valence-electron chi connectivity index (χ0n) is 11.1. The van der Waals surface area contributed by atoms with Gasteiger partial charge in [-0.3, -0.25) is 14.6 Å². The first-order chi connectivity index (χ1) is 9.02. The molecular formula is C13H18N2O3S. The predicted octanol–water partition coefficient (Wildman–Crippen LogP) is 2.31. The van der Waals surface area contributed by atoms with E-state index in [2.05, 4.69) is 4.98 Å². The van der Waals surface area contributed by atoms with Crippen LogP contribution in [0.25, 0.3) is 0 Å². The Morgan fingerprint density at radius 1 is 1.58 bits per heavy atom. The molecule has 2 rings (SSSR count). The fourth-order valence-electron chi connectivity index (χ4n) is 2.68. The maximum Gasteiger partial charge on any atom is 0.308 e. The van der Waals surface area contributed by atoms with Gasteiger partial charge in [0.1, 0.15) is 0 Å². The highest BCUT2D eigenvalue weighted by Crippen LogP contribution is 2.38. The third-order valence-electron chi connectivity index (χ3n) is 3.49. The first-order valence-electron chi connectivity index (χ1n) is 6.44. The van der Waals surface area contributed by atoms with Gasteiger partial charge in [0.05, 0.1) is 17.5 Å². The van der Waals surface area contributed by atoms with Crippen LogP contribution in [0.5, 0.6) is 0 Å². The summed E-state index contributed by atoms with van der Waals surface area (Å²) in [5.41, 5.74) is 1.68. The third-order valence-corrected chi connectivity index (χ3v) is 4.34. The topological polar surface area (TPSA) is 70.5 Å². The number of hydrogen-bond acceptors (Lipinski definition) is 4. The number of likely N-dealkylation sites (tertiary alicyclic amines) is 1. The van der Waals surface area contributed by atoms with E-state index in [-0.39, 0.29) is 18.0 Å². The first kappa shape index (κ1) is 14.0. The monoisotopic (exact) mass is 282 g/mol. The van der Waals surface area contributed by atoms with Gasteiger partial charge in [-0.1, -0.05) is 0 Å². The van der Waals surface area contributed by atoms with Gasteiger partial charge in [0, 0.05) is 23.5 Å². The maximum absolute atomic E-state index is 12.2. The van der Waals surface area contributed by atoms with Crippen molar-refractivity contribution < 1.29 is 14.7 Å². The Morgan fingerprint density at radius 2 is 2.32 bits per heavy atom. The molecule has 6 heteroatoms. The Hall–Kier alpha value is -1.43. The minimum atomic E-state index is -0.834. The second-order valence-corrected chi connectivity index (χ2v) is 6.00. The quantitative estimate of drug-likeness (QED) is 0.923. The average Bonchev–Trinajstić information content (AvgIpc) is 2.78. The van der Waals surface area contributed by atoms with E-state index >= 15 is 0 Å². The fraction of sp³-hybridized carbons (Fsp3) is 0.615. The lowest BCUT2D eigenvalue weighted by Crippen LogP contribution is -2.42. The molecule has 0 aliphatic carbocycles. The van der Waals surface area contributed by atoms with Gasteiger partial charge in [-0.2, -0.15) is 0 Å². The summed E-state index contributed by atoms with van der Waals surface area (Å²) in [7, 11) is 0. The molecule has 2 atom stereocenters. The molecule has 2 unspecified atom stereocenters. The smallest absolute Gasteiger partial charge is 0.308 e. The molecule has 2 heterocycles. The molecule has 0 aromatic carbocycles. The van der Waals surface area contributed by atoms with Crippen molar-refractivity contribution in [3.63, 3.8) is 0 Å². The lowest BCUT2D eigenvalue weighted by Gasteiger charge is -2.35. The Morgan fingerprint density at radius 3 is 2.84 bits per heavy atom. The molecule has 0 bridgehead atoms. The van der Waals surface area contributed by atoms with Crippen molar-refractivity contribution in [2.75, 3.05) is 0 Å². The molecule has 0 spiro atoms. The number of aliphatic carboxylic acids is 1. The van der Waals surface area contributed by atoms with Crippen LogP contribution in [0.15, 0.2) is 11.7 Å². The van der Waals surface area contributed by atoms with Crippen LogP contribution in [0.1, 0.15) is 44.0 Å². The summed E-state index contributed by atoms with van der Waals surface area (Å²) in [5, 5.41) is 9.46. The molecular weight excluding hydrogens is 264 g/mol. The van der Waals surface area contributed by atoms with Crippen molar-refractivity contribution in [3.8, 4) is 0 Å². The first-order valence-corrected chi connectivity index (χ1v) is 7.32. The second kappa shape index (κ2) is 5.69. The van der Waals surface area contributed by atoms with Crippen LogP contribution in [-0.4, -0.2) is 32.9 Å². The molecule has 1 fully saturated rings. The van der Waals surface area contributed by atoms with Crippen LogP contribution < -0.4 is 0 Å². The molecule has 1 aliphatic heterocycles. The second-order valence-electron chi connectivity index (χ2n) is 5.08. The van der Waals surface area contributed by atoms with Gasteiger partial charge in [0.15, 0.2) is 0 Å². The van der Waals surface area contributed by atoms with E-state index < -0.39 is 11.9 Å². The number of carbonyl (C=O) groups is 2. The lowest BCUT2D eigenvalue weighted by atomic mass is 9.93. The summed E-state index contributed by atoms with van der Waals surface area (Å²) in [4.78, 5) is 30.4. The number of carboxylic acids is 1. The zero-order valence-corrected chi connectivity index (χ0v) is 11.9. The number of thiazole rings is 1. The minimum Gasteiger partial charge on any atom is -0.481 e. The number of nitrogens with zero attached hydrogens (tertiary/aromatic N) is 2. The van der Waals surface area contributed by atoms with E-state index in [9.17, 15) is 14.7 Å². The highest BCUT2D eigenvalue weighted by atomic mass is 32.1. The van der Waals surface area contributed by atoms with Crippen LogP contribution in [0.4, 0.5) is 0 Å².